The van der Waals surface area contributed by atoms with Gasteiger partial charge in [-0.15, -0.1) is 0 Å². The fourth-order valence-corrected chi connectivity index (χ4v) is 1.01. The number of hydrogen-bond acceptors (Lipinski definition) is 4. The van der Waals surface area contributed by atoms with Crippen molar-refractivity contribution in [3.8, 4) is 0 Å². The van der Waals surface area contributed by atoms with Crippen molar-refractivity contribution in [2.75, 3.05) is 26.2 Å². The maximum absolute atomic E-state index is 11.1. The maximum atomic E-state index is 11.1. The van der Waals surface area contributed by atoms with Crippen LogP contribution in [0.4, 0.5) is 0 Å². The summed E-state index contributed by atoms with van der Waals surface area (Å²) in [5.41, 5.74) is 10.4. The molecule has 15 heavy (non-hydrogen) atoms. The van der Waals surface area contributed by atoms with Crippen molar-refractivity contribution in [2.24, 2.45) is 11.5 Å². The third-order valence-corrected chi connectivity index (χ3v) is 1.74. The van der Waals surface area contributed by atoms with Crippen LogP contribution in [0.5, 0.6) is 0 Å². The molecule has 0 heterocycles. The lowest BCUT2D eigenvalue weighted by atomic mass is 10.2. The Labute approximate surface area is 89.8 Å². The zero-order valence-electron chi connectivity index (χ0n) is 8.92. The van der Waals surface area contributed by atoms with Gasteiger partial charge in [-0.25, -0.2) is 0 Å². The van der Waals surface area contributed by atoms with E-state index < -0.39 is 0 Å². The van der Waals surface area contributed by atoms with Crippen LogP contribution in [0, 0.1) is 0 Å². The highest BCUT2D eigenvalue weighted by Crippen LogP contribution is 1.94. The Bertz CT molecular complexity index is 177. The van der Waals surface area contributed by atoms with Crippen LogP contribution in [0.1, 0.15) is 19.3 Å². The molecule has 2 amide bonds. The first-order chi connectivity index (χ1) is 7.20. The highest BCUT2D eigenvalue weighted by atomic mass is 16.2. The van der Waals surface area contributed by atoms with Crippen LogP contribution >= 0.6 is 0 Å². The molecule has 0 aromatic carbocycles. The van der Waals surface area contributed by atoms with E-state index in [-0.39, 0.29) is 11.8 Å². The molecule has 0 aliphatic carbocycles. The van der Waals surface area contributed by atoms with Gasteiger partial charge in [0.2, 0.25) is 11.8 Å². The lowest BCUT2D eigenvalue weighted by molar-refractivity contribution is -0.122. The molecule has 0 bridgehead atoms. The Morgan fingerprint density at radius 3 is 1.60 bits per heavy atom. The highest BCUT2D eigenvalue weighted by Gasteiger charge is 2.03. The summed E-state index contributed by atoms with van der Waals surface area (Å²) in [7, 11) is 0. The molecule has 0 aliphatic heterocycles. The molecule has 0 saturated carbocycles. The number of hydrogen-bond donors (Lipinski definition) is 4. The molecule has 6 N–H and O–H groups in total. The summed E-state index contributed by atoms with van der Waals surface area (Å²) in [6, 6.07) is 0. The molecular formula is C9H20N4O2. The molecule has 0 fully saturated rings. The van der Waals surface area contributed by atoms with Gasteiger partial charge in [0, 0.05) is 39.0 Å². The van der Waals surface area contributed by atoms with Crippen molar-refractivity contribution < 1.29 is 9.59 Å². The number of nitrogens with two attached hydrogens (primary N) is 2. The van der Waals surface area contributed by atoms with Gasteiger partial charge in [-0.3, -0.25) is 9.59 Å². The minimum absolute atomic E-state index is 0.0629. The summed E-state index contributed by atoms with van der Waals surface area (Å²) in [5.74, 6) is -0.126. The first-order valence-corrected chi connectivity index (χ1v) is 5.14. The van der Waals surface area contributed by atoms with Crippen LogP contribution in [0.3, 0.4) is 0 Å². The van der Waals surface area contributed by atoms with Gasteiger partial charge in [-0.05, 0) is 6.42 Å². The van der Waals surface area contributed by atoms with Gasteiger partial charge in [-0.1, -0.05) is 0 Å². The average molecular weight is 216 g/mol. The van der Waals surface area contributed by atoms with Crippen molar-refractivity contribution in [2.45, 2.75) is 19.3 Å². The topological polar surface area (TPSA) is 110 Å². The van der Waals surface area contributed by atoms with Crippen LogP contribution < -0.4 is 22.1 Å². The molecule has 88 valence electrons. The fourth-order valence-electron chi connectivity index (χ4n) is 1.01. The monoisotopic (exact) mass is 216 g/mol. The number of rotatable bonds is 8. The average Bonchev–Trinajstić information content (AvgIpc) is 2.23. The number of amides is 2. The zero-order valence-corrected chi connectivity index (χ0v) is 8.92. The van der Waals surface area contributed by atoms with Gasteiger partial charge in [0.25, 0.3) is 0 Å². The Hall–Kier alpha value is -1.14. The van der Waals surface area contributed by atoms with Crippen molar-refractivity contribution in [1.29, 1.82) is 0 Å². The molecule has 0 spiro atoms. The quantitative estimate of drug-likeness (QED) is 0.388. The van der Waals surface area contributed by atoms with E-state index >= 15 is 0 Å². The van der Waals surface area contributed by atoms with Gasteiger partial charge in [0.05, 0.1) is 0 Å². The SMILES string of the molecule is NCCNC(=O)CCCC(=O)NCCN. The molecule has 0 saturated heterocycles. The molecule has 0 aliphatic rings. The van der Waals surface area contributed by atoms with E-state index in [9.17, 15) is 9.59 Å². The second-order valence-electron chi connectivity index (χ2n) is 3.13. The smallest absolute Gasteiger partial charge is 0.220 e. The summed E-state index contributed by atoms with van der Waals surface area (Å²) in [4.78, 5) is 22.2. The van der Waals surface area contributed by atoms with Gasteiger partial charge >= 0.3 is 0 Å². The van der Waals surface area contributed by atoms with Crippen molar-refractivity contribution in [1.82, 2.24) is 10.6 Å². The van der Waals surface area contributed by atoms with Crippen LogP contribution in [0.15, 0.2) is 0 Å². The largest absolute Gasteiger partial charge is 0.355 e. The van der Waals surface area contributed by atoms with Crippen LogP contribution in [0.25, 0.3) is 0 Å². The second kappa shape index (κ2) is 9.42. The molecule has 0 atom stereocenters. The standard InChI is InChI=1S/C9H20N4O2/c10-4-6-12-8(14)2-1-3-9(15)13-7-5-11/h1-7,10-11H2,(H,12,14)(H,13,15). The summed E-state index contributed by atoms with van der Waals surface area (Å²) < 4.78 is 0. The summed E-state index contributed by atoms with van der Waals surface area (Å²) in [6.45, 7) is 1.84. The normalized spacial score (nSPS) is 9.73. The van der Waals surface area contributed by atoms with Gasteiger partial charge in [-0.2, -0.15) is 0 Å². The van der Waals surface area contributed by atoms with E-state index in [1.165, 1.54) is 0 Å². The van der Waals surface area contributed by atoms with Gasteiger partial charge in [0.1, 0.15) is 0 Å². The van der Waals surface area contributed by atoms with Crippen molar-refractivity contribution >= 4 is 11.8 Å². The van der Waals surface area contributed by atoms with Crippen LogP contribution in [-0.2, 0) is 9.59 Å². The van der Waals surface area contributed by atoms with Gasteiger partial charge in [0.15, 0.2) is 0 Å². The molecule has 6 nitrogen and oxygen atoms in total. The summed E-state index contributed by atoms with van der Waals surface area (Å²) in [5, 5.41) is 5.27. The second-order valence-corrected chi connectivity index (χ2v) is 3.13. The molecule has 0 aromatic heterocycles. The predicted molar refractivity (Wildman–Crippen MR) is 58.0 cm³/mol. The number of carbonyl (C=O) groups excluding carboxylic acids is 2. The van der Waals surface area contributed by atoms with Crippen molar-refractivity contribution in [3.05, 3.63) is 0 Å². The highest BCUT2D eigenvalue weighted by molar-refractivity contribution is 5.78. The predicted octanol–water partition coefficient (Wildman–Crippen LogP) is -1.69. The minimum atomic E-state index is -0.0629. The van der Waals surface area contributed by atoms with E-state index in [4.69, 9.17) is 11.5 Å². The lowest BCUT2D eigenvalue weighted by Crippen LogP contribution is -2.30. The summed E-state index contributed by atoms with van der Waals surface area (Å²) >= 11 is 0. The van der Waals surface area contributed by atoms with E-state index in [0.29, 0.717) is 45.4 Å². The molecule has 0 rings (SSSR count). The zero-order chi connectivity index (χ0) is 11.5. The third kappa shape index (κ3) is 9.17. The van der Waals surface area contributed by atoms with E-state index in [0.717, 1.165) is 0 Å². The first-order valence-electron chi connectivity index (χ1n) is 5.14. The Morgan fingerprint density at radius 1 is 0.867 bits per heavy atom. The van der Waals surface area contributed by atoms with Crippen LogP contribution in [0.2, 0.25) is 0 Å². The third-order valence-electron chi connectivity index (χ3n) is 1.74. The van der Waals surface area contributed by atoms with Gasteiger partial charge < -0.3 is 22.1 Å². The minimum Gasteiger partial charge on any atom is -0.355 e. The number of carbonyl (C=O) groups is 2. The molecule has 6 heteroatoms. The molecule has 0 aromatic rings. The Balaban J connectivity index is 3.36. The van der Waals surface area contributed by atoms with E-state index in [1.807, 2.05) is 0 Å². The van der Waals surface area contributed by atoms with E-state index in [1.54, 1.807) is 0 Å². The first kappa shape index (κ1) is 13.9. The van der Waals surface area contributed by atoms with E-state index in [2.05, 4.69) is 10.6 Å². The Morgan fingerprint density at radius 2 is 1.27 bits per heavy atom. The summed E-state index contributed by atoms with van der Waals surface area (Å²) in [6.07, 6.45) is 1.26. The maximum Gasteiger partial charge on any atom is 0.220 e. The molecular weight excluding hydrogens is 196 g/mol. The van der Waals surface area contributed by atoms with Crippen LogP contribution in [-0.4, -0.2) is 38.0 Å². The fraction of sp³-hybridized carbons (Fsp3) is 0.778. The molecule has 0 unspecified atom stereocenters. The number of nitrogens with one attached hydrogen (secondary N) is 2. The Kier molecular flexibility index (Phi) is 8.70. The lowest BCUT2D eigenvalue weighted by Gasteiger charge is -2.04. The molecule has 0 radical (unpaired) electrons. The van der Waals surface area contributed by atoms with Crippen molar-refractivity contribution in [3.63, 3.8) is 0 Å².